The van der Waals surface area contributed by atoms with Crippen LogP contribution in [0.25, 0.3) is 0 Å². The molecule has 7 heteroatoms. The van der Waals surface area contributed by atoms with Crippen LogP contribution in [0, 0.1) is 6.92 Å². The molecule has 1 aromatic heterocycles. The summed E-state index contributed by atoms with van der Waals surface area (Å²) in [5, 5.41) is 5.89. The number of benzene rings is 2. The van der Waals surface area contributed by atoms with Crippen LogP contribution in [-0.4, -0.2) is 30.1 Å². The van der Waals surface area contributed by atoms with Crippen LogP contribution in [0.5, 0.6) is 11.5 Å². The quantitative estimate of drug-likeness (QED) is 0.692. The van der Waals surface area contributed by atoms with E-state index in [4.69, 9.17) is 9.47 Å². The second kappa shape index (κ2) is 8.18. The predicted octanol–water partition coefficient (Wildman–Crippen LogP) is 3.80. The van der Waals surface area contributed by atoms with E-state index in [1.807, 2.05) is 31.2 Å². The molecule has 2 aromatic carbocycles. The van der Waals surface area contributed by atoms with Crippen LogP contribution in [0.15, 0.2) is 54.9 Å². The average Bonchev–Trinajstić information content (AvgIpc) is 2.68. The fourth-order valence-electron chi connectivity index (χ4n) is 2.47. The second-order valence-electron chi connectivity index (χ2n) is 5.81. The number of carbonyl (C=O) groups excluding carboxylic acids is 1. The van der Waals surface area contributed by atoms with Crippen molar-refractivity contribution in [2.75, 3.05) is 24.9 Å². The number of hydrogen-bond donors (Lipinski definition) is 2. The van der Waals surface area contributed by atoms with Gasteiger partial charge in [-0.1, -0.05) is 12.1 Å². The average molecular weight is 364 g/mol. The van der Waals surface area contributed by atoms with Gasteiger partial charge >= 0.3 is 0 Å². The van der Waals surface area contributed by atoms with Crippen LogP contribution in [-0.2, 0) is 0 Å². The number of aromatic nitrogens is 2. The van der Waals surface area contributed by atoms with Crippen LogP contribution in [0.3, 0.4) is 0 Å². The maximum Gasteiger partial charge on any atom is 0.258 e. The Balaban J connectivity index is 1.72. The SMILES string of the molecule is COc1ccc(OC)c(NC(=O)c2cnc(Nc3cccc(C)c3)nc2)c1. The topological polar surface area (TPSA) is 85.4 Å². The molecule has 0 saturated heterocycles. The molecule has 3 rings (SSSR count). The molecule has 27 heavy (non-hydrogen) atoms. The maximum atomic E-state index is 12.5. The summed E-state index contributed by atoms with van der Waals surface area (Å²) in [5.74, 6) is 1.21. The molecule has 0 atom stereocenters. The van der Waals surface area contributed by atoms with Crippen LogP contribution in [0.4, 0.5) is 17.3 Å². The third-order valence-electron chi connectivity index (χ3n) is 3.84. The van der Waals surface area contributed by atoms with Crippen LogP contribution in [0.2, 0.25) is 0 Å². The highest BCUT2D eigenvalue weighted by atomic mass is 16.5. The molecule has 1 heterocycles. The van der Waals surface area contributed by atoms with Crippen LogP contribution >= 0.6 is 0 Å². The minimum atomic E-state index is -0.344. The molecule has 138 valence electrons. The highest BCUT2D eigenvalue weighted by molar-refractivity contribution is 6.04. The van der Waals surface area contributed by atoms with E-state index in [-0.39, 0.29) is 5.91 Å². The van der Waals surface area contributed by atoms with E-state index >= 15 is 0 Å². The van der Waals surface area contributed by atoms with Gasteiger partial charge in [-0.25, -0.2) is 9.97 Å². The third kappa shape index (κ3) is 4.52. The summed E-state index contributed by atoms with van der Waals surface area (Å²) in [6.07, 6.45) is 2.93. The largest absolute Gasteiger partial charge is 0.497 e. The molecule has 0 spiro atoms. The molecule has 0 unspecified atom stereocenters. The van der Waals surface area contributed by atoms with Crippen molar-refractivity contribution in [1.29, 1.82) is 0 Å². The summed E-state index contributed by atoms with van der Waals surface area (Å²) in [4.78, 5) is 20.9. The van der Waals surface area contributed by atoms with Gasteiger partial charge in [0.05, 0.1) is 25.5 Å². The Hall–Kier alpha value is -3.61. The number of anilines is 3. The summed E-state index contributed by atoms with van der Waals surface area (Å²) < 4.78 is 10.4. The minimum Gasteiger partial charge on any atom is -0.497 e. The number of amides is 1. The fraction of sp³-hybridized carbons (Fsp3) is 0.150. The van der Waals surface area contributed by atoms with Gasteiger partial charge in [0.25, 0.3) is 5.91 Å². The van der Waals surface area contributed by atoms with E-state index in [9.17, 15) is 4.79 Å². The summed E-state index contributed by atoms with van der Waals surface area (Å²) in [5.41, 5.74) is 2.84. The normalized spacial score (nSPS) is 10.2. The number of methoxy groups -OCH3 is 2. The standard InChI is InChI=1S/C20H20N4O3/c1-13-5-4-6-15(9-13)23-20-21-11-14(12-22-20)19(25)24-17-10-16(26-2)7-8-18(17)27-3/h4-12H,1-3H3,(H,24,25)(H,21,22,23). The first kappa shape index (κ1) is 18.2. The first-order valence-corrected chi connectivity index (χ1v) is 8.28. The van der Waals surface area contributed by atoms with Gasteiger partial charge < -0.3 is 20.1 Å². The van der Waals surface area contributed by atoms with Crippen molar-refractivity contribution in [3.8, 4) is 11.5 Å². The Kier molecular flexibility index (Phi) is 5.51. The summed E-state index contributed by atoms with van der Waals surface area (Å²) in [7, 11) is 3.09. The van der Waals surface area contributed by atoms with Gasteiger partial charge in [-0.3, -0.25) is 4.79 Å². The van der Waals surface area contributed by atoms with Gasteiger partial charge in [-0.15, -0.1) is 0 Å². The molecule has 0 aliphatic carbocycles. The van der Waals surface area contributed by atoms with Gasteiger partial charge in [-0.05, 0) is 36.8 Å². The fourth-order valence-corrected chi connectivity index (χ4v) is 2.47. The lowest BCUT2D eigenvalue weighted by atomic mass is 10.2. The van der Waals surface area contributed by atoms with Crippen molar-refractivity contribution in [1.82, 2.24) is 9.97 Å². The highest BCUT2D eigenvalue weighted by Crippen LogP contribution is 2.29. The van der Waals surface area contributed by atoms with Gasteiger partial charge in [0.2, 0.25) is 5.95 Å². The Labute approximate surface area is 157 Å². The Morgan fingerprint density at radius 1 is 1.00 bits per heavy atom. The number of rotatable bonds is 6. The Morgan fingerprint density at radius 3 is 2.44 bits per heavy atom. The van der Waals surface area contributed by atoms with Crippen LogP contribution in [0.1, 0.15) is 15.9 Å². The van der Waals surface area contributed by atoms with Crippen molar-refractivity contribution in [3.05, 3.63) is 66.0 Å². The molecule has 7 nitrogen and oxygen atoms in total. The van der Waals surface area contributed by atoms with E-state index in [0.717, 1.165) is 11.3 Å². The minimum absolute atomic E-state index is 0.328. The van der Waals surface area contributed by atoms with E-state index in [0.29, 0.717) is 28.7 Å². The second-order valence-corrected chi connectivity index (χ2v) is 5.81. The van der Waals surface area contributed by atoms with Crippen molar-refractivity contribution < 1.29 is 14.3 Å². The lowest BCUT2D eigenvalue weighted by Crippen LogP contribution is -2.14. The van der Waals surface area contributed by atoms with Crippen molar-refractivity contribution in [3.63, 3.8) is 0 Å². The molecule has 0 bridgehead atoms. The zero-order valence-corrected chi connectivity index (χ0v) is 15.3. The lowest BCUT2D eigenvalue weighted by molar-refractivity contribution is 0.102. The number of nitrogens with zero attached hydrogens (tertiary/aromatic N) is 2. The van der Waals surface area contributed by atoms with Crippen molar-refractivity contribution in [2.45, 2.75) is 6.92 Å². The number of hydrogen-bond acceptors (Lipinski definition) is 6. The number of carbonyl (C=O) groups is 1. The van der Waals surface area contributed by atoms with Gasteiger partial charge in [0.15, 0.2) is 0 Å². The first-order valence-electron chi connectivity index (χ1n) is 8.28. The number of aryl methyl sites for hydroxylation is 1. The van der Waals surface area contributed by atoms with Crippen molar-refractivity contribution in [2.24, 2.45) is 0 Å². The monoisotopic (exact) mass is 364 g/mol. The zero-order chi connectivity index (χ0) is 19.2. The van der Waals surface area contributed by atoms with Gasteiger partial charge in [0.1, 0.15) is 11.5 Å². The number of ether oxygens (including phenoxy) is 2. The Morgan fingerprint density at radius 2 is 1.78 bits per heavy atom. The molecule has 0 aliphatic heterocycles. The van der Waals surface area contributed by atoms with Gasteiger partial charge in [0, 0.05) is 24.1 Å². The maximum absolute atomic E-state index is 12.5. The summed E-state index contributed by atoms with van der Waals surface area (Å²) in [6.45, 7) is 2.01. The molecule has 3 aromatic rings. The van der Waals surface area contributed by atoms with E-state index in [1.165, 1.54) is 19.5 Å². The molecule has 0 radical (unpaired) electrons. The molecular weight excluding hydrogens is 344 g/mol. The smallest absolute Gasteiger partial charge is 0.258 e. The molecular formula is C20H20N4O3. The number of nitrogens with one attached hydrogen (secondary N) is 2. The van der Waals surface area contributed by atoms with Crippen molar-refractivity contribution >= 4 is 23.2 Å². The van der Waals surface area contributed by atoms with E-state index in [2.05, 4.69) is 20.6 Å². The zero-order valence-electron chi connectivity index (χ0n) is 15.3. The van der Waals surface area contributed by atoms with E-state index < -0.39 is 0 Å². The van der Waals surface area contributed by atoms with Crippen LogP contribution < -0.4 is 20.1 Å². The lowest BCUT2D eigenvalue weighted by Gasteiger charge is -2.12. The predicted molar refractivity (Wildman–Crippen MR) is 104 cm³/mol. The molecule has 0 saturated carbocycles. The van der Waals surface area contributed by atoms with Gasteiger partial charge in [-0.2, -0.15) is 0 Å². The highest BCUT2D eigenvalue weighted by Gasteiger charge is 2.12. The molecule has 2 N–H and O–H groups in total. The molecule has 0 aliphatic rings. The first-order chi connectivity index (χ1) is 13.1. The molecule has 1 amide bonds. The Bertz CT molecular complexity index is 942. The summed E-state index contributed by atoms with van der Waals surface area (Å²) >= 11 is 0. The van der Waals surface area contributed by atoms with E-state index in [1.54, 1.807) is 25.3 Å². The summed E-state index contributed by atoms with van der Waals surface area (Å²) in [6, 6.07) is 13.0. The third-order valence-corrected chi connectivity index (χ3v) is 3.84. The molecule has 0 fully saturated rings.